The lowest BCUT2D eigenvalue weighted by atomic mass is 9.90. The summed E-state index contributed by atoms with van der Waals surface area (Å²) < 4.78 is 0. The topological polar surface area (TPSA) is 80.9 Å². The molecule has 1 heterocycles. The Balaban J connectivity index is 2.17. The van der Waals surface area contributed by atoms with Gasteiger partial charge in [0.15, 0.2) is 0 Å². The van der Waals surface area contributed by atoms with E-state index in [0.29, 0.717) is 10.7 Å². The smallest absolute Gasteiger partial charge is 0.272 e. The summed E-state index contributed by atoms with van der Waals surface area (Å²) >= 11 is 5.18. The number of carbonyl (C=O) groups is 1. The molecule has 0 aromatic carbocycles. The second-order valence-corrected chi connectivity index (χ2v) is 5.35. The molecule has 0 saturated heterocycles. The van der Waals surface area contributed by atoms with Gasteiger partial charge in [-0.25, -0.2) is 4.98 Å². The van der Waals surface area contributed by atoms with Gasteiger partial charge in [-0.1, -0.05) is 37.9 Å². The van der Waals surface area contributed by atoms with E-state index >= 15 is 0 Å². The molecule has 1 aliphatic rings. The van der Waals surface area contributed by atoms with E-state index in [2.05, 4.69) is 15.3 Å². The molecule has 0 aliphatic heterocycles. The molecule has 1 aromatic heterocycles. The van der Waals surface area contributed by atoms with Crippen LogP contribution in [0.15, 0.2) is 18.6 Å². The molecule has 1 saturated carbocycles. The minimum atomic E-state index is -0.569. The van der Waals surface area contributed by atoms with Crippen LogP contribution in [0.2, 0.25) is 0 Å². The first-order valence-electron chi connectivity index (χ1n) is 6.52. The van der Waals surface area contributed by atoms with Crippen molar-refractivity contribution in [2.24, 2.45) is 5.73 Å². The van der Waals surface area contributed by atoms with Crippen molar-refractivity contribution in [1.82, 2.24) is 15.3 Å². The Kier molecular flexibility index (Phi) is 4.42. The summed E-state index contributed by atoms with van der Waals surface area (Å²) in [5.74, 6) is -0.261. The van der Waals surface area contributed by atoms with Crippen molar-refractivity contribution in [3.05, 3.63) is 24.3 Å². The van der Waals surface area contributed by atoms with E-state index in [1.54, 1.807) is 0 Å². The maximum absolute atomic E-state index is 12.2. The van der Waals surface area contributed by atoms with Gasteiger partial charge in [0.25, 0.3) is 5.91 Å². The van der Waals surface area contributed by atoms with Crippen molar-refractivity contribution in [1.29, 1.82) is 0 Å². The average Bonchev–Trinajstić information content (AvgIpc) is 2.66. The number of nitrogens with two attached hydrogens (primary N) is 1. The first-order chi connectivity index (χ1) is 9.14. The van der Waals surface area contributed by atoms with Crippen LogP contribution in [0.3, 0.4) is 0 Å². The van der Waals surface area contributed by atoms with Crippen LogP contribution in [0.1, 0.15) is 49.0 Å². The van der Waals surface area contributed by atoms with E-state index in [9.17, 15) is 4.79 Å². The minimum Gasteiger partial charge on any atom is -0.391 e. The number of thiocarbonyl (C=S) groups is 1. The van der Waals surface area contributed by atoms with Crippen LogP contribution in [-0.2, 0) is 0 Å². The van der Waals surface area contributed by atoms with Crippen LogP contribution >= 0.6 is 12.2 Å². The van der Waals surface area contributed by atoms with E-state index in [0.717, 1.165) is 38.5 Å². The minimum absolute atomic E-state index is 0.261. The number of nitrogens with one attached hydrogen (secondary N) is 1. The van der Waals surface area contributed by atoms with Gasteiger partial charge < -0.3 is 11.1 Å². The Bertz CT molecular complexity index is 455. The van der Waals surface area contributed by atoms with E-state index < -0.39 is 5.54 Å². The molecule has 102 valence electrons. The van der Waals surface area contributed by atoms with E-state index in [1.807, 2.05) is 0 Å². The van der Waals surface area contributed by atoms with Crippen molar-refractivity contribution in [3.8, 4) is 0 Å². The number of hydrogen-bond donors (Lipinski definition) is 2. The second kappa shape index (κ2) is 6.06. The third-order valence-corrected chi connectivity index (χ3v) is 3.97. The molecular formula is C13H18N4OS. The molecule has 1 amide bonds. The maximum atomic E-state index is 12.2. The van der Waals surface area contributed by atoms with Gasteiger partial charge in [0.2, 0.25) is 0 Å². The molecule has 3 N–H and O–H groups in total. The highest BCUT2D eigenvalue weighted by atomic mass is 32.1. The van der Waals surface area contributed by atoms with E-state index in [4.69, 9.17) is 18.0 Å². The zero-order valence-corrected chi connectivity index (χ0v) is 11.6. The van der Waals surface area contributed by atoms with Gasteiger partial charge in [0, 0.05) is 12.4 Å². The molecular weight excluding hydrogens is 260 g/mol. The van der Waals surface area contributed by atoms with E-state index in [-0.39, 0.29) is 5.91 Å². The molecule has 0 unspecified atom stereocenters. The van der Waals surface area contributed by atoms with Crippen LogP contribution in [0.4, 0.5) is 0 Å². The normalized spacial score (nSPS) is 18.3. The highest BCUT2D eigenvalue weighted by Gasteiger charge is 2.35. The zero-order valence-electron chi connectivity index (χ0n) is 10.8. The van der Waals surface area contributed by atoms with Gasteiger partial charge in [-0.3, -0.25) is 9.78 Å². The standard InChI is InChI=1S/C13H18N4OS/c14-12(19)13(5-3-1-2-4-6-13)17-11(18)10-9-15-7-8-16-10/h7-9H,1-6H2,(H2,14,19)(H,17,18). The summed E-state index contributed by atoms with van der Waals surface area (Å²) in [7, 11) is 0. The molecule has 0 bridgehead atoms. The highest BCUT2D eigenvalue weighted by Crippen LogP contribution is 2.27. The molecule has 19 heavy (non-hydrogen) atoms. The van der Waals surface area contributed by atoms with Crippen LogP contribution in [0.5, 0.6) is 0 Å². The van der Waals surface area contributed by atoms with Crippen molar-refractivity contribution in [2.45, 2.75) is 44.1 Å². The van der Waals surface area contributed by atoms with Gasteiger partial charge in [-0.15, -0.1) is 0 Å². The van der Waals surface area contributed by atoms with Crippen molar-refractivity contribution in [3.63, 3.8) is 0 Å². The number of amides is 1. The predicted molar refractivity (Wildman–Crippen MR) is 76.7 cm³/mol. The summed E-state index contributed by atoms with van der Waals surface area (Å²) in [6.07, 6.45) is 10.4. The van der Waals surface area contributed by atoms with Crippen LogP contribution in [0.25, 0.3) is 0 Å². The first-order valence-corrected chi connectivity index (χ1v) is 6.93. The second-order valence-electron chi connectivity index (χ2n) is 4.91. The average molecular weight is 278 g/mol. The van der Waals surface area contributed by atoms with Crippen molar-refractivity contribution >= 4 is 23.1 Å². The predicted octanol–water partition coefficient (Wildman–Crippen LogP) is 1.59. The third-order valence-electron chi connectivity index (χ3n) is 3.58. The van der Waals surface area contributed by atoms with Gasteiger partial charge in [0.1, 0.15) is 5.69 Å². The fourth-order valence-corrected chi connectivity index (χ4v) is 2.72. The molecule has 0 radical (unpaired) electrons. The zero-order chi connectivity index (χ0) is 13.7. The maximum Gasteiger partial charge on any atom is 0.272 e. The van der Waals surface area contributed by atoms with Crippen LogP contribution in [-0.4, -0.2) is 26.4 Å². The lowest BCUT2D eigenvalue weighted by Crippen LogP contribution is -2.56. The summed E-state index contributed by atoms with van der Waals surface area (Å²) in [6, 6.07) is 0. The number of rotatable bonds is 3. The van der Waals surface area contributed by atoms with Gasteiger partial charge in [0.05, 0.1) is 16.7 Å². The summed E-state index contributed by atoms with van der Waals surface area (Å²) in [4.78, 5) is 20.5. The highest BCUT2D eigenvalue weighted by molar-refractivity contribution is 7.80. The lowest BCUT2D eigenvalue weighted by Gasteiger charge is -2.32. The Morgan fingerprint density at radius 1 is 1.26 bits per heavy atom. The number of aromatic nitrogens is 2. The molecule has 6 heteroatoms. The monoisotopic (exact) mass is 278 g/mol. The largest absolute Gasteiger partial charge is 0.391 e. The lowest BCUT2D eigenvalue weighted by molar-refractivity contribution is 0.0912. The quantitative estimate of drug-likeness (QED) is 0.648. The fraction of sp³-hybridized carbons (Fsp3) is 0.538. The number of hydrogen-bond acceptors (Lipinski definition) is 4. The van der Waals surface area contributed by atoms with Crippen molar-refractivity contribution in [2.75, 3.05) is 0 Å². The Morgan fingerprint density at radius 2 is 1.95 bits per heavy atom. The van der Waals surface area contributed by atoms with Gasteiger partial charge in [-0.2, -0.15) is 0 Å². The SMILES string of the molecule is NC(=S)C1(NC(=O)c2cnccn2)CCCCCC1. The van der Waals surface area contributed by atoms with Crippen LogP contribution in [0, 0.1) is 0 Å². The van der Waals surface area contributed by atoms with Gasteiger partial charge >= 0.3 is 0 Å². The van der Waals surface area contributed by atoms with Crippen molar-refractivity contribution < 1.29 is 4.79 Å². The molecule has 1 aliphatic carbocycles. The third kappa shape index (κ3) is 3.26. The molecule has 1 fully saturated rings. The summed E-state index contributed by atoms with van der Waals surface area (Å²) in [5, 5.41) is 2.98. The first kappa shape index (κ1) is 13.9. The Hall–Kier alpha value is -1.56. The van der Waals surface area contributed by atoms with E-state index in [1.165, 1.54) is 18.6 Å². The fourth-order valence-electron chi connectivity index (χ4n) is 2.46. The number of carbonyl (C=O) groups excluding carboxylic acids is 1. The number of nitrogens with zero attached hydrogens (tertiary/aromatic N) is 2. The Labute approximate surface area is 118 Å². The summed E-state index contributed by atoms with van der Waals surface area (Å²) in [5.41, 5.74) is 5.60. The molecule has 2 rings (SSSR count). The van der Waals surface area contributed by atoms with Gasteiger partial charge in [-0.05, 0) is 12.8 Å². The molecule has 5 nitrogen and oxygen atoms in total. The molecule has 0 spiro atoms. The molecule has 0 atom stereocenters. The summed E-state index contributed by atoms with van der Waals surface area (Å²) in [6.45, 7) is 0. The Morgan fingerprint density at radius 3 is 2.47 bits per heavy atom. The molecule has 1 aromatic rings. The van der Waals surface area contributed by atoms with Crippen LogP contribution < -0.4 is 11.1 Å².